The highest BCUT2D eigenvalue weighted by atomic mass is 16.5. The second kappa shape index (κ2) is 38.5. The van der Waals surface area contributed by atoms with E-state index in [-0.39, 0.29) is 12.5 Å². The topological polar surface area (TPSA) is 84.9 Å². The molecule has 0 bridgehead atoms. The molecule has 0 spiro atoms. The lowest BCUT2D eigenvalue weighted by Gasteiger charge is -2.18. The van der Waals surface area contributed by atoms with Gasteiger partial charge in [0.15, 0.2) is 0 Å². The zero-order valence-electron chi connectivity index (χ0n) is 30.9. The molecule has 0 fully saturated rings. The molecule has 46 heavy (non-hydrogen) atoms. The summed E-state index contributed by atoms with van der Waals surface area (Å²) in [7, 11) is 0. The Labute approximate surface area is 286 Å². The number of carboxylic acid groups (broad SMARTS) is 1. The SMILES string of the molecule is CCCCCCCCCCCCCCCCOCC(CCNCCC(=O)C(=O)O)OCCCCCCCCCCCCCCCC. The van der Waals surface area contributed by atoms with E-state index in [1.54, 1.807) is 0 Å². The number of Topliss-reactive ketones (excluding diaryl/α,β-unsaturated/α-hetero) is 1. The lowest BCUT2D eigenvalue weighted by molar-refractivity contribution is -0.149. The van der Waals surface area contributed by atoms with Crippen molar-refractivity contribution in [3.63, 3.8) is 0 Å². The number of nitrogens with one attached hydrogen (secondary N) is 1. The molecule has 0 saturated heterocycles. The van der Waals surface area contributed by atoms with E-state index in [0.29, 0.717) is 19.7 Å². The normalized spacial score (nSPS) is 12.1. The molecular formula is C40H79NO5. The van der Waals surface area contributed by atoms with Crippen LogP contribution in [0, 0.1) is 0 Å². The molecule has 0 rings (SSSR count). The van der Waals surface area contributed by atoms with Crippen LogP contribution < -0.4 is 5.32 Å². The van der Waals surface area contributed by atoms with E-state index in [1.807, 2.05) is 0 Å². The maximum atomic E-state index is 11.3. The molecule has 0 heterocycles. The number of rotatable bonds is 40. The summed E-state index contributed by atoms with van der Waals surface area (Å²) in [6, 6.07) is 0. The van der Waals surface area contributed by atoms with Crippen LogP contribution >= 0.6 is 0 Å². The number of carbonyl (C=O) groups is 2. The first-order valence-corrected chi connectivity index (χ1v) is 20.3. The molecule has 0 saturated carbocycles. The Morgan fingerprint density at radius 2 is 0.891 bits per heavy atom. The van der Waals surface area contributed by atoms with Gasteiger partial charge >= 0.3 is 5.97 Å². The third-order valence-corrected chi connectivity index (χ3v) is 9.21. The molecular weight excluding hydrogens is 574 g/mol. The van der Waals surface area contributed by atoms with Crippen molar-refractivity contribution in [2.45, 2.75) is 213 Å². The number of carboxylic acids is 1. The van der Waals surface area contributed by atoms with Gasteiger partial charge in [-0.15, -0.1) is 0 Å². The van der Waals surface area contributed by atoms with Gasteiger partial charge in [-0.2, -0.15) is 0 Å². The fourth-order valence-corrected chi connectivity index (χ4v) is 6.07. The number of ether oxygens (including phenoxy) is 2. The van der Waals surface area contributed by atoms with Gasteiger partial charge in [-0.25, -0.2) is 4.79 Å². The molecule has 1 unspecified atom stereocenters. The van der Waals surface area contributed by atoms with Crippen molar-refractivity contribution in [1.82, 2.24) is 5.32 Å². The number of hydrogen-bond acceptors (Lipinski definition) is 5. The van der Waals surface area contributed by atoms with Gasteiger partial charge in [-0.05, 0) is 25.8 Å². The Balaban J connectivity index is 3.87. The minimum Gasteiger partial charge on any atom is -0.476 e. The van der Waals surface area contributed by atoms with Crippen molar-refractivity contribution in [1.29, 1.82) is 0 Å². The van der Waals surface area contributed by atoms with E-state index >= 15 is 0 Å². The molecule has 0 aliphatic rings. The predicted octanol–water partition coefficient (Wildman–Crippen LogP) is 11.4. The van der Waals surface area contributed by atoms with Crippen molar-refractivity contribution in [3.05, 3.63) is 0 Å². The summed E-state index contributed by atoms with van der Waals surface area (Å²) in [6.45, 7) is 7.80. The van der Waals surface area contributed by atoms with Crippen LogP contribution in [0.1, 0.15) is 206 Å². The Kier molecular flexibility index (Phi) is 37.6. The fourth-order valence-electron chi connectivity index (χ4n) is 6.07. The Morgan fingerprint density at radius 1 is 0.522 bits per heavy atom. The Morgan fingerprint density at radius 3 is 1.28 bits per heavy atom. The Hall–Kier alpha value is -0.980. The molecule has 1 atom stereocenters. The number of carbonyl (C=O) groups excluding carboxylic acids is 1. The third kappa shape index (κ3) is 35.9. The summed E-state index contributed by atoms with van der Waals surface area (Å²) in [4.78, 5) is 22.0. The first-order valence-electron chi connectivity index (χ1n) is 20.3. The van der Waals surface area contributed by atoms with Crippen LogP contribution in [0.5, 0.6) is 0 Å². The lowest BCUT2D eigenvalue weighted by atomic mass is 10.0. The van der Waals surface area contributed by atoms with E-state index in [9.17, 15) is 9.59 Å². The van der Waals surface area contributed by atoms with Gasteiger partial charge in [0.2, 0.25) is 5.78 Å². The first-order chi connectivity index (χ1) is 22.6. The van der Waals surface area contributed by atoms with Crippen LogP contribution in [-0.4, -0.2) is 55.9 Å². The van der Waals surface area contributed by atoms with Gasteiger partial charge < -0.3 is 19.9 Å². The molecule has 0 aliphatic carbocycles. The molecule has 0 aliphatic heterocycles. The average molecular weight is 654 g/mol. The molecule has 0 amide bonds. The van der Waals surface area contributed by atoms with Crippen LogP contribution in [0.3, 0.4) is 0 Å². The highest BCUT2D eigenvalue weighted by Gasteiger charge is 2.12. The maximum Gasteiger partial charge on any atom is 0.372 e. The minimum absolute atomic E-state index is 0.0233. The van der Waals surface area contributed by atoms with Crippen LogP contribution in [0.25, 0.3) is 0 Å². The van der Waals surface area contributed by atoms with Crippen LogP contribution in [0.15, 0.2) is 0 Å². The molecule has 6 nitrogen and oxygen atoms in total. The van der Waals surface area contributed by atoms with E-state index in [2.05, 4.69) is 19.2 Å². The predicted molar refractivity (Wildman–Crippen MR) is 196 cm³/mol. The van der Waals surface area contributed by atoms with Gasteiger partial charge in [0.25, 0.3) is 0 Å². The van der Waals surface area contributed by atoms with Crippen molar-refractivity contribution in [3.8, 4) is 0 Å². The van der Waals surface area contributed by atoms with Gasteiger partial charge in [0, 0.05) is 26.2 Å². The maximum absolute atomic E-state index is 11.3. The average Bonchev–Trinajstić information content (AvgIpc) is 3.05. The summed E-state index contributed by atoms with van der Waals surface area (Å²) in [5.74, 6) is -2.09. The minimum atomic E-state index is -1.35. The van der Waals surface area contributed by atoms with Crippen molar-refractivity contribution in [2.24, 2.45) is 0 Å². The third-order valence-electron chi connectivity index (χ3n) is 9.21. The standard InChI is InChI=1S/C40H79NO5/c1-3-5-7-9-11-13-15-17-19-21-23-25-27-29-35-45-37-38(31-33-41-34-32-39(42)40(43)44)46-36-30-28-26-24-22-20-18-16-14-12-10-8-6-4-2/h38,41H,3-37H2,1-2H3,(H,43,44). The van der Waals surface area contributed by atoms with Gasteiger partial charge in [0.1, 0.15) is 0 Å². The van der Waals surface area contributed by atoms with Crippen molar-refractivity contribution >= 4 is 11.8 Å². The van der Waals surface area contributed by atoms with Crippen molar-refractivity contribution < 1.29 is 24.2 Å². The second-order valence-electron chi connectivity index (χ2n) is 13.8. The highest BCUT2D eigenvalue weighted by Crippen LogP contribution is 2.15. The first kappa shape index (κ1) is 45.0. The second-order valence-corrected chi connectivity index (χ2v) is 13.8. The number of ketones is 1. The van der Waals surface area contributed by atoms with E-state index in [0.717, 1.165) is 32.5 Å². The fraction of sp³-hybridized carbons (Fsp3) is 0.950. The summed E-state index contributed by atoms with van der Waals surface area (Å²) >= 11 is 0. The Bertz CT molecular complexity index is 629. The van der Waals surface area contributed by atoms with E-state index in [4.69, 9.17) is 14.6 Å². The molecule has 0 aromatic heterocycles. The summed E-state index contributed by atoms with van der Waals surface area (Å²) < 4.78 is 12.2. The summed E-state index contributed by atoms with van der Waals surface area (Å²) in [5.41, 5.74) is 0. The molecule has 0 aromatic rings. The van der Waals surface area contributed by atoms with E-state index in [1.165, 1.54) is 167 Å². The zero-order valence-corrected chi connectivity index (χ0v) is 30.9. The smallest absolute Gasteiger partial charge is 0.372 e. The quantitative estimate of drug-likeness (QED) is 0.0505. The highest BCUT2D eigenvalue weighted by molar-refractivity contribution is 6.32. The summed E-state index contributed by atoms with van der Waals surface area (Å²) in [6.07, 6.45) is 38.8. The molecule has 0 aromatic carbocycles. The van der Waals surface area contributed by atoms with Gasteiger partial charge in [0.05, 0.1) is 12.7 Å². The number of unbranched alkanes of at least 4 members (excludes halogenated alkanes) is 26. The number of aliphatic carboxylic acids is 1. The summed E-state index contributed by atoms with van der Waals surface area (Å²) in [5, 5.41) is 11.9. The van der Waals surface area contributed by atoms with Gasteiger partial charge in [-0.1, -0.05) is 181 Å². The van der Waals surface area contributed by atoms with Crippen LogP contribution in [-0.2, 0) is 19.1 Å². The van der Waals surface area contributed by atoms with Crippen molar-refractivity contribution in [2.75, 3.05) is 32.9 Å². The molecule has 6 heteroatoms. The van der Waals surface area contributed by atoms with Crippen LogP contribution in [0.2, 0.25) is 0 Å². The number of hydrogen-bond donors (Lipinski definition) is 2. The van der Waals surface area contributed by atoms with E-state index < -0.39 is 11.8 Å². The largest absolute Gasteiger partial charge is 0.476 e. The molecule has 274 valence electrons. The lowest BCUT2D eigenvalue weighted by Crippen LogP contribution is -2.28. The van der Waals surface area contributed by atoms with Crippen LogP contribution in [0.4, 0.5) is 0 Å². The van der Waals surface area contributed by atoms with Gasteiger partial charge in [-0.3, -0.25) is 4.79 Å². The zero-order chi connectivity index (χ0) is 33.6. The molecule has 0 radical (unpaired) electrons. The molecule has 2 N–H and O–H groups in total. The monoisotopic (exact) mass is 654 g/mol.